The van der Waals surface area contributed by atoms with Gasteiger partial charge in [-0.3, -0.25) is 0 Å². The molecule has 0 N–H and O–H groups in total. The zero-order valence-electron chi connectivity index (χ0n) is 18.2. The van der Waals surface area contributed by atoms with Crippen molar-refractivity contribution in [1.29, 1.82) is 0 Å². The number of aromatic nitrogens is 1. The summed E-state index contributed by atoms with van der Waals surface area (Å²) in [5.74, 6) is 1.42. The Kier molecular flexibility index (Phi) is 3.59. The largest absolute Gasteiger partial charge is 0.212 e. The van der Waals surface area contributed by atoms with Gasteiger partial charge >= 0.3 is 0 Å². The van der Waals surface area contributed by atoms with E-state index in [1.807, 2.05) is 12.1 Å². The summed E-state index contributed by atoms with van der Waals surface area (Å²) >= 11 is 0. The lowest BCUT2D eigenvalue weighted by atomic mass is 9.69. The number of rotatable bonds is 4. The van der Waals surface area contributed by atoms with Gasteiger partial charge in [0.05, 0.1) is 0 Å². The van der Waals surface area contributed by atoms with Crippen LogP contribution < -0.4 is 4.57 Å². The van der Waals surface area contributed by atoms with Crippen LogP contribution in [0.4, 0.5) is 0 Å². The van der Waals surface area contributed by atoms with E-state index in [2.05, 4.69) is 73.3 Å². The molecule has 0 radical (unpaired) electrons. The molecule has 0 amide bonds. The van der Waals surface area contributed by atoms with E-state index in [1.54, 1.807) is 0 Å². The summed E-state index contributed by atoms with van der Waals surface area (Å²) in [6.45, 7) is 2.14. The van der Waals surface area contributed by atoms with Crippen molar-refractivity contribution in [1.82, 2.24) is 0 Å². The lowest BCUT2D eigenvalue weighted by molar-refractivity contribution is -0.659. The molecule has 6 rings (SSSR count). The van der Waals surface area contributed by atoms with Crippen molar-refractivity contribution in [2.24, 2.45) is 24.8 Å². The Bertz CT molecular complexity index is 1040. The summed E-state index contributed by atoms with van der Waals surface area (Å²) in [5.41, 5.74) is 6.84. The highest BCUT2D eigenvalue weighted by molar-refractivity contribution is 5.66. The smallest absolute Gasteiger partial charge is 0.200 e. The van der Waals surface area contributed by atoms with Crippen molar-refractivity contribution < 1.29 is 7.31 Å². The molecule has 2 bridgehead atoms. The second-order valence-electron chi connectivity index (χ2n) is 8.31. The second kappa shape index (κ2) is 6.64. The van der Waals surface area contributed by atoms with Gasteiger partial charge in [-0.1, -0.05) is 42.5 Å². The van der Waals surface area contributed by atoms with Crippen molar-refractivity contribution in [2.75, 3.05) is 0 Å². The molecule has 0 spiro atoms. The van der Waals surface area contributed by atoms with Crippen LogP contribution in [-0.2, 0) is 13.4 Å². The molecular weight excluding hydrogens is 326 g/mol. The fourth-order valence-corrected chi connectivity index (χ4v) is 5.00. The Hall–Kier alpha value is -2.41. The SMILES string of the molecule is [2H]C([2H])(c1ccc(-c2ccc(-c3ccccc3C)[n+](C)c2)cc1)C1C2CCC1C2. The quantitative estimate of drug-likeness (QED) is 0.525. The zero-order valence-corrected chi connectivity index (χ0v) is 16.2. The number of pyridine rings is 1. The summed E-state index contributed by atoms with van der Waals surface area (Å²) in [5, 5.41) is 0. The molecule has 0 saturated heterocycles. The van der Waals surface area contributed by atoms with Crippen LogP contribution in [-0.4, -0.2) is 0 Å². The molecule has 1 heterocycles. The number of fused-ring (bicyclic) bond motifs is 1. The minimum atomic E-state index is -1.21. The van der Waals surface area contributed by atoms with E-state index in [9.17, 15) is 0 Å². The minimum Gasteiger partial charge on any atom is -0.200 e. The second-order valence-corrected chi connectivity index (χ2v) is 8.31. The summed E-state index contributed by atoms with van der Waals surface area (Å²) in [6, 6.07) is 21.0. The van der Waals surface area contributed by atoms with Gasteiger partial charge in [0.15, 0.2) is 6.20 Å². The zero-order chi connectivity index (χ0) is 20.2. The van der Waals surface area contributed by atoms with E-state index < -0.39 is 6.37 Å². The van der Waals surface area contributed by atoms with Gasteiger partial charge in [-0.15, -0.1) is 0 Å². The van der Waals surface area contributed by atoms with E-state index in [0.717, 1.165) is 16.7 Å². The van der Waals surface area contributed by atoms with Gasteiger partial charge in [-0.2, -0.15) is 0 Å². The average molecular weight is 357 g/mol. The number of benzene rings is 2. The van der Waals surface area contributed by atoms with Crippen LogP contribution in [0.25, 0.3) is 22.4 Å². The predicted octanol–water partition coefficient (Wildman–Crippen LogP) is 5.74. The molecule has 3 aliphatic carbocycles. The van der Waals surface area contributed by atoms with Gasteiger partial charge < -0.3 is 0 Å². The fraction of sp³-hybridized carbons (Fsp3) is 0.346. The third-order valence-electron chi connectivity index (χ3n) is 6.64. The van der Waals surface area contributed by atoms with Crippen molar-refractivity contribution in [3.05, 3.63) is 78.0 Å². The monoisotopic (exact) mass is 356 g/mol. The normalized spacial score (nSPS) is 24.9. The van der Waals surface area contributed by atoms with Crippen molar-refractivity contribution in [3.8, 4) is 22.4 Å². The van der Waals surface area contributed by atoms with E-state index in [-0.39, 0.29) is 5.92 Å². The first-order valence-electron chi connectivity index (χ1n) is 11.1. The fourth-order valence-electron chi connectivity index (χ4n) is 5.00. The standard InChI is InChI=1S/C26H28N/c1-18-5-3-4-6-24(18)26-14-13-23(17-27(26)2)20-9-7-19(8-10-20)15-25-21-11-12-22(25)16-21/h3-10,13-14,17,21-22,25H,11-12,15-16H2,1-2H3/q+1/i15D2. The highest BCUT2D eigenvalue weighted by Crippen LogP contribution is 2.54. The van der Waals surface area contributed by atoms with Gasteiger partial charge in [0.2, 0.25) is 5.69 Å². The molecule has 2 atom stereocenters. The predicted molar refractivity (Wildman–Crippen MR) is 111 cm³/mol. The first-order valence-corrected chi connectivity index (χ1v) is 10.1. The van der Waals surface area contributed by atoms with Gasteiger partial charge in [0.25, 0.3) is 0 Å². The van der Waals surface area contributed by atoms with E-state index in [4.69, 9.17) is 2.74 Å². The lowest BCUT2D eigenvalue weighted by Gasteiger charge is -2.36. The maximum atomic E-state index is 8.74. The first kappa shape index (κ1) is 14.6. The van der Waals surface area contributed by atoms with Crippen LogP contribution in [0.15, 0.2) is 66.9 Å². The topological polar surface area (TPSA) is 3.88 Å². The molecule has 2 aromatic carbocycles. The van der Waals surface area contributed by atoms with E-state index in [0.29, 0.717) is 11.8 Å². The van der Waals surface area contributed by atoms with E-state index >= 15 is 0 Å². The number of nitrogens with zero attached hydrogens (tertiary/aromatic N) is 1. The van der Waals surface area contributed by atoms with Crippen molar-refractivity contribution in [3.63, 3.8) is 0 Å². The van der Waals surface area contributed by atoms with Crippen LogP contribution in [0.3, 0.4) is 0 Å². The summed E-state index contributed by atoms with van der Waals surface area (Å²) < 4.78 is 19.7. The third kappa shape index (κ3) is 3.00. The van der Waals surface area contributed by atoms with Crippen LogP contribution in [0.2, 0.25) is 0 Å². The van der Waals surface area contributed by atoms with E-state index in [1.165, 1.54) is 36.1 Å². The molecule has 136 valence electrons. The number of aryl methyl sites for hydroxylation is 2. The Balaban J connectivity index is 1.42. The Labute approximate surface area is 165 Å². The molecule has 3 saturated carbocycles. The number of hydrogen-bond acceptors (Lipinski definition) is 0. The van der Waals surface area contributed by atoms with Gasteiger partial charge in [0.1, 0.15) is 7.05 Å². The molecule has 1 heteroatoms. The summed E-state index contributed by atoms with van der Waals surface area (Å²) in [7, 11) is 2.09. The van der Waals surface area contributed by atoms with Gasteiger partial charge in [0, 0.05) is 19.9 Å². The van der Waals surface area contributed by atoms with Crippen LogP contribution in [0.5, 0.6) is 0 Å². The summed E-state index contributed by atoms with van der Waals surface area (Å²) in [6.07, 6.45) is 4.64. The van der Waals surface area contributed by atoms with Gasteiger partial charge in [-0.25, -0.2) is 4.57 Å². The Morgan fingerprint density at radius 1 is 0.926 bits per heavy atom. The lowest BCUT2D eigenvalue weighted by Crippen LogP contribution is -2.30. The third-order valence-corrected chi connectivity index (χ3v) is 6.64. The Morgan fingerprint density at radius 3 is 2.30 bits per heavy atom. The minimum absolute atomic E-state index is 0.222. The maximum Gasteiger partial charge on any atom is 0.212 e. The maximum absolute atomic E-state index is 8.74. The van der Waals surface area contributed by atoms with Crippen molar-refractivity contribution >= 4 is 0 Å². The summed E-state index contributed by atoms with van der Waals surface area (Å²) in [4.78, 5) is 0. The number of hydrogen-bond donors (Lipinski definition) is 0. The van der Waals surface area contributed by atoms with Crippen LogP contribution in [0.1, 0.15) is 33.1 Å². The molecule has 2 unspecified atom stereocenters. The van der Waals surface area contributed by atoms with Crippen molar-refractivity contribution in [2.45, 2.75) is 32.6 Å². The van der Waals surface area contributed by atoms with Crippen LogP contribution in [0, 0.1) is 24.7 Å². The molecule has 0 aliphatic heterocycles. The molecule has 1 nitrogen and oxygen atoms in total. The Morgan fingerprint density at radius 2 is 1.63 bits per heavy atom. The molecule has 3 aromatic rings. The highest BCUT2D eigenvalue weighted by Gasteiger charge is 2.45. The highest BCUT2D eigenvalue weighted by atomic mass is 14.9. The average Bonchev–Trinajstić information content (AvgIpc) is 3.34. The van der Waals surface area contributed by atoms with Crippen LogP contribution >= 0.6 is 0 Å². The molecule has 1 aromatic heterocycles. The molecule has 27 heavy (non-hydrogen) atoms. The van der Waals surface area contributed by atoms with Gasteiger partial charge in [-0.05, 0) is 79.1 Å². The molecule has 3 aliphatic rings. The first-order chi connectivity index (χ1) is 13.9. The molecular formula is C26H28N+. The molecule has 3 fully saturated rings.